The van der Waals surface area contributed by atoms with Gasteiger partial charge in [0.25, 0.3) is 0 Å². The summed E-state index contributed by atoms with van der Waals surface area (Å²) in [5.74, 6) is 0.0861. The van der Waals surface area contributed by atoms with E-state index in [2.05, 4.69) is 0 Å². The van der Waals surface area contributed by atoms with Crippen molar-refractivity contribution < 1.29 is 14.3 Å². The first kappa shape index (κ1) is 16.1. The van der Waals surface area contributed by atoms with Crippen LogP contribution in [0.1, 0.15) is 31.2 Å². The van der Waals surface area contributed by atoms with Crippen LogP contribution in [0.25, 0.3) is 6.08 Å². The van der Waals surface area contributed by atoms with Gasteiger partial charge in [0.2, 0.25) is 11.8 Å². The van der Waals surface area contributed by atoms with E-state index < -0.39 is 5.91 Å². The first-order valence-corrected chi connectivity index (χ1v) is 7.51. The number of amides is 2. The Bertz CT molecular complexity index is 563. The Labute approximate surface area is 130 Å². The van der Waals surface area contributed by atoms with E-state index in [-0.39, 0.29) is 18.5 Å². The second kappa shape index (κ2) is 7.64. The Morgan fingerprint density at radius 1 is 1.36 bits per heavy atom. The number of rotatable bonds is 6. The summed E-state index contributed by atoms with van der Waals surface area (Å²) in [7, 11) is 1.60. The van der Waals surface area contributed by atoms with E-state index in [1.54, 1.807) is 18.1 Å². The van der Waals surface area contributed by atoms with Gasteiger partial charge in [-0.25, -0.2) is 0 Å². The Kier molecular flexibility index (Phi) is 5.58. The maximum atomic E-state index is 12.4. The van der Waals surface area contributed by atoms with Crippen LogP contribution in [0.5, 0.6) is 5.75 Å². The first-order chi connectivity index (χ1) is 10.6. The lowest BCUT2D eigenvalue weighted by atomic mass is 10.1. The number of nitrogens with two attached hydrogens (primary N) is 1. The molecule has 118 valence electrons. The number of carbonyl (C=O) groups is 2. The molecular formula is C17H22N2O3. The third kappa shape index (κ3) is 4.35. The molecule has 0 spiro atoms. The molecule has 2 amide bonds. The molecule has 2 rings (SSSR count). The van der Waals surface area contributed by atoms with E-state index in [1.165, 1.54) is 6.08 Å². The molecule has 0 aromatic heterocycles. The molecule has 0 heterocycles. The minimum Gasteiger partial charge on any atom is -0.497 e. The highest BCUT2D eigenvalue weighted by molar-refractivity contribution is 5.94. The van der Waals surface area contributed by atoms with Gasteiger partial charge in [-0.05, 0) is 36.6 Å². The summed E-state index contributed by atoms with van der Waals surface area (Å²) in [5, 5.41) is 0. The third-order valence-corrected chi connectivity index (χ3v) is 3.89. The molecule has 22 heavy (non-hydrogen) atoms. The van der Waals surface area contributed by atoms with Crippen molar-refractivity contribution >= 4 is 17.9 Å². The van der Waals surface area contributed by atoms with Crippen LogP contribution in [-0.2, 0) is 9.59 Å². The van der Waals surface area contributed by atoms with Gasteiger partial charge >= 0.3 is 0 Å². The van der Waals surface area contributed by atoms with Gasteiger partial charge in [0.1, 0.15) is 5.75 Å². The van der Waals surface area contributed by atoms with Crippen LogP contribution in [-0.4, -0.2) is 36.4 Å². The first-order valence-electron chi connectivity index (χ1n) is 7.51. The highest BCUT2D eigenvalue weighted by Crippen LogP contribution is 2.23. The normalized spacial score (nSPS) is 15.1. The van der Waals surface area contributed by atoms with Gasteiger partial charge in [0.05, 0.1) is 13.7 Å². The second-order valence-corrected chi connectivity index (χ2v) is 5.48. The number of nitrogens with zero attached hydrogens (tertiary/aromatic N) is 1. The molecule has 0 atom stereocenters. The molecule has 0 radical (unpaired) electrons. The Morgan fingerprint density at radius 3 is 2.73 bits per heavy atom. The number of hydrogen-bond acceptors (Lipinski definition) is 3. The van der Waals surface area contributed by atoms with E-state index in [1.807, 2.05) is 24.3 Å². The maximum Gasteiger partial charge on any atom is 0.247 e. The number of hydrogen-bond donors (Lipinski definition) is 1. The summed E-state index contributed by atoms with van der Waals surface area (Å²) in [4.78, 5) is 25.2. The van der Waals surface area contributed by atoms with Crippen molar-refractivity contribution in [1.29, 1.82) is 0 Å². The Balaban J connectivity index is 2.08. The number of benzene rings is 1. The highest BCUT2D eigenvalue weighted by Gasteiger charge is 2.26. The van der Waals surface area contributed by atoms with Crippen molar-refractivity contribution in [1.82, 2.24) is 4.90 Å². The van der Waals surface area contributed by atoms with Crippen LogP contribution in [0.15, 0.2) is 30.3 Å². The fraction of sp³-hybridized carbons (Fsp3) is 0.412. The lowest BCUT2D eigenvalue weighted by Crippen LogP contribution is -2.43. The van der Waals surface area contributed by atoms with E-state index in [4.69, 9.17) is 10.5 Å². The van der Waals surface area contributed by atoms with Crippen molar-refractivity contribution in [3.05, 3.63) is 35.9 Å². The SMILES string of the molecule is COc1cccc(C=CC(=O)N(CC(N)=O)C2CCCC2)c1. The van der Waals surface area contributed by atoms with Crippen molar-refractivity contribution in [2.24, 2.45) is 5.73 Å². The van der Waals surface area contributed by atoms with Gasteiger partial charge in [-0.15, -0.1) is 0 Å². The third-order valence-electron chi connectivity index (χ3n) is 3.89. The van der Waals surface area contributed by atoms with E-state index in [0.29, 0.717) is 0 Å². The minimum absolute atomic E-state index is 0.0219. The quantitative estimate of drug-likeness (QED) is 0.816. The lowest BCUT2D eigenvalue weighted by Gasteiger charge is -2.26. The molecular weight excluding hydrogens is 280 g/mol. The molecule has 1 aromatic rings. The van der Waals surface area contributed by atoms with Crippen LogP contribution in [0.3, 0.4) is 0 Å². The summed E-state index contributed by atoms with van der Waals surface area (Å²) in [6, 6.07) is 7.56. The number of carbonyl (C=O) groups excluding carboxylic acids is 2. The van der Waals surface area contributed by atoms with Crippen LogP contribution in [0, 0.1) is 0 Å². The molecule has 2 N–H and O–H groups in total. The zero-order chi connectivity index (χ0) is 15.9. The Morgan fingerprint density at radius 2 is 2.09 bits per heavy atom. The second-order valence-electron chi connectivity index (χ2n) is 5.48. The predicted octanol–water partition coefficient (Wildman–Crippen LogP) is 1.96. The van der Waals surface area contributed by atoms with Crippen LogP contribution in [0.4, 0.5) is 0 Å². The summed E-state index contributed by atoms with van der Waals surface area (Å²) in [6.07, 6.45) is 7.28. The van der Waals surface area contributed by atoms with Gasteiger partial charge in [-0.1, -0.05) is 25.0 Å². The van der Waals surface area contributed by atoms with Crippen molar-refractivity contribution in [3.63, 3.8) is 0 Å². The average Bonchev–Trinajstić information content (AvgIpc) is 3.04. The summed E-state index contributed by atoms with van der Waals surface area (Å²) in [5.41, 5.74) is 6.14. The zero-order valence-electron chi connectivity index (χ0n) is 12.8. The topological polar surface area (TPSA) is 72.6 Å². The number of primary amides is 1. The fourth-order valence-electron chi connectivity index (χ4n) is 2.78. The molecule has 0 saturated heterocycles. The van der Waals surface area contributed by atoms with Gasteiger partial charge in [0.15, 0.2) is 0 Å². The maximum absolute atomic E-state index is 12.4. The summed E-state index contributed by atoms with van der Waals surface area (Å²) in [6.45, 7) is -0.0219. The van der Waals surface area contributed by atoms with Crippen molar-refractivity contribution in [2.75, 3.05) is 13.7 Å². The monoisotopic (exact) mass is 302 g/mol. The number of methoxy groups -OCH3 is 1. The fourth-order valence-corrected chi connectivity index (χ4v) is 2.78. The Hall–Kier alpha value is -2.30. The molecule has 5 nitrogen and oxygen atoms in total. The molecule has 0 bridgehead atoms. The minimum atomic E-state index is -0.477. The molecule has 1 aliphatic carbocycles. The van der Waals surface area contributed by atoms with E-state index >= 15 is 0 Å². The van der Waals surface area contributed by atoms with Gasteiger partial charge in [-0.3, -0.25) is 9.59 Å². The zero-order valence-corrected chi connectivity index (χ0v) is 12.8. The average molecular weight is 302 g/mol. The van der Waals surface area contributed by atoms with Gasteiger partial charge in [0, 0.05) is 12.1 Å². The molecule has 5 heteroatoms. The van der Waals surface area contributed by atoms with E-state index in [9.17, 15) is 9.59 Å². The van der Waals surface area contributed by atoms with E-state index in [0.717, 1.165) is 37.0 Å². The molecule has 0 unspecified atom stereocenters. The van der Waals surface area contributed by atoms with Crippen LogP contribution in [0.2, 0.25) is 0 Å². The number of ether oxygens (including phenoxy) is 1. The van der Waals surface area contributed by atoms with Gasteiger partial charge < -0.3 is 15.4 Å². The molecule has 1 aromatic carbocycles. The molecule has 1 fully saturated rings. The summed E-state index contributed by atoms with van der Waals surface area (Å²) >= 11 is 0. The van der Waals surface area contributed by atoms with Crippen molar-refractivity contribution in [2.45, 2.75) is 31.7 Å². The lowest BCUT2D eigenvalue weighted by molar-refractivity contribution is -0.133. The molecule has 1 saturated carbocycles. The predicted molar refractivity (Wildman–Crippen MR) is 85.2 cm³/mol. The summed E-state index contributed by atoms with van der Waals surface area (Å²) < 4.78 is 5.15. The van der Waals surface area contributed by atoms with Crippen LogP contribution >= 0.6 is 0 Å². The molecule has 0 aliphatic heterocycles. The largest absolute Gasteiger partial charge is 0.497 e. The van der Waals surface area contributed by atoms with Gasteiger partial charge in [-0.2, -0.15) is 0 Å². The smallest absolute Gasteiger partial charge is 0.247 e. The van der Waals surface area contributed by atoms with Crippen LogP contribution < -0.4 is 10.5 Å². The molecule has 1 aliphatic rings. The van der Waals surface area contributed by atoms with Crippen molar-refractivity contribution in [3.8, 4) is 5.75 Å². The standard InChI is InChI=1S/C17H22N2O3/c1-22-15-8-4-5-13(11-15)9-10-17(21)19(12-16(18)20)14-6-2-3-7-14/h4-5,8-11,14H,2-3,6-7,12H2,1H3,(H2,18,20). The highest BCUT2D eigenvalue weighted by atomic mass is 16.5.